The molecular weight excluding hydrogens is 673 g/mol. The summed E-state index contributed by atoms with van der Waals surface area (Å²) in [7, 11) is 0. The van der Waals surface area contributed by atoms with Crippen LogP contribution in [0.25, 0.3) is 0 Å². The van der Waals surface area contributed by atoms with Gasteiger partial charge < -0.3 is 20.4 Å². The standard InChI is InChI=1S/C30H48O4.C18H32O2/c1-25(2)14-15-30(24(33)34)19(16-25)18-8-9-21-27(5)12-11-22(31)26(3,4)20(27)10-13-28(21,6)29(18,7)17-23(30)32;19-18(20)16-10-8-6-4-2-1-3-5-7-9-13-17-14-11-12-15-17/h8,19-23,31-32H,9-17H2,1-7H3,(H,33,34);11,14,17H,1-10,12-13,15-16H2,(H,19,20). The Kier molecular flexibility index (Phi) is 13.7. The first kappa shape index (κ1) is 43.5. The Balaban J connectivity index is 0.000000241. The number of aliphatic hydroxyl groups excluding tert-OH is 2. The van der Waals surface area contributed by atoms with Crippen LogP contribution in [0.3, 0.4) is 0 Å². The minimum Gasteiger partial charge on any atom is -0.481 e. The predicted octanol–water partition coefficient (Wildman–Crippen LogP) is 11.9. The Morgan fingerprint density at radius 2 is 1.33 bits per heavy atom. The molecule has 10 unspecified atom stereocenters. The number of fused-ring (bicyclic) bond motifs is 7. The molecule has 4 saturated carbocycles. The molecule has 0 aromatic carbocycles. The first-order chi connectivity index (χ1) is 25.3. The quantitative estimate of drug-likeness (QED) is 0.104. The lowest BCUT2D eigenvalue weighted by molar-refractivity contribution is -0.218. The van der Waals surface area contributed by atoms with Gasteiger partial charge in [-0.05, 0) is 134 Å². The van der Waals surface area contributed by atoms with Gasteiger partial charge in [0.1, 0.15) is 5.41 Å². The average Bonchev–Trinajstić information content (AvgIpc) is 3.61. The molecule has 54 heavy (non-hydrogen) atoms. The molecule has 0 heterocycles. The van der Waals surface area contributed by atoms with Crippen LogP contribution in [-0.4, -0.2) is 44.6 Å². The van der Waals surface area contributed by atoms with Gasteiger partial charge in [-0.25, -0.2) is 0 Å². The van der Waals surface area contributed by atoms with Gasteiger partial charge in [0.05, 0.1) is 12.2 Å². The van der Waals surface area contributed by atoms with E-state index in [-0.39, 0.29) is 39.1 Å². The summed E-state index contributed by atoms with van der Waals surface area (Å²) in [6.45, 7) is 16.4. The predicted molar refractivity (Wildman–Crippen MR) is 219 cm³/mol. The third kappa shape index (κ3) is 8.32. The van der Waals surface area contributed by atoms with E-state index < -0.39 is 23.5 Å². The molecule has 6 aliphatic rings. The Bertz CT molecular complexity index is 1360. The van der Waals surface area contributed by atoms with Crippen LogP contribution in [0.2, 0.25) is 0 Å². The van der Waals surface area contributed by atoms with E-state index in [0.29, 0.717) is 31.1 Å². The van der Waals surface area contributed by atoms with Crippen molar-refractivity contribution >= 4 is 11.9 Å². The van der Waals surface area contributed by atoms with Gasteiger partial charge in [-0.3, -0.25) is 9.59 Å². The van der Waals surface area contributed by atoms with Crippen molar-refractivity contribution in [2.24, 2.45) is 56.2 Å². The lowest BCUT2D eigenvalue weighted by Crippen LogP contribution is -2.67. The molecule has 0 aromatic rings. The summed E-state index contributed by atoms with van der Waals surface area (Å²) in [6.07, 6.45) is 31.3. The summed E-state index contributed by atoms with van der Waals surface area (Å²) >= 11 is 0. The van der Waals surface area contributed by atoms with Gasteiger partial charge in [-0.1, -0.05) is 130 Å². The van der Waals surface area contributed by atoms with Crippen molar-refractivity contribution in [2.45, 2.75) is 208 Å². The Morgan fingerprint density at radius 3 is 1.93 bits per heavy atom. The van der Waals surface area contributed by atoms with E-state index in [1.54, 1.807) is 0 Å². The smallest absolute Gasteiger partial charge is 0.312 e. The minimum atomic E-state index is -1.04. The number of allylic oxidation sites excluding steroid dienone is 4. The highest BCUT2D eigenvalue weighted by atomic mass is 16.4. The molecular formula is C48H80O6. The maximum atomic E-state index is 12.8. The zero-order valence-electron chi connectivity index (χ0n) is 35.6. The summed E-state index contributed by atoms with van der Waals surface area (Å²) < 4.78 is 0. The van der Waals surface area contributed by atoms with Gasteiger partial charge in [0, 0.05) is 6.42 Å². The van der Waals surface area contributed by atoms with Crippen molar-refractivity contribution in [3.63, 3.8) is 0 Å². The number of carboxylic acid groups (broad SMARTS) is 2. The van der Waals surface area contributed by atoms with Crippen molar-refractivity contribution in [1.82, 2.24) is 0 Å². The van der Waals surface area contributed by atoms with Crippen LogP contribution in [-0.2, 0) is 9.59 Å². The fourth-order valence-corrected chi connectivity index (χ4v) is 13.8. The fourth-order valence-electron chi connectivity index (χ4n) is 13.8. The third-order valence-corrected chi connectivity index (χ3v) is 17.4. The number of carbonyl (C=O) groups is 2. The zero-order valence-corrected chi connectivity index (χ0v) is 35.6. The van der Waals surface area contributed by atoms with E-state index >= 15 is 0 Å². The fraction of sp³-hybridized carbons (Fsp3) is 0.875. The van der Waals surface area contributed by atoms with E-state index in [0.717, 1.165) is 63.7 Å². The average molecular weight is 753 g/mol. The second-order valence-corrected chi connectivity index (χ2v) is 21.4. The Hall–Kier alpha value is -1.66. The maximum absolute atomic E-state index is 12.8. The number of aliphatic carboxylic acids is 2. The number of unbranched alkanes of at least 4 members (excludes halogenated alkanes) is 9. The highest BCUT2D eigenvalue weighted by molar-refractivity contribution is 5.77. The van der Waals surface area contributed by atoms with Gasteiger partial charge in [0.2, 0.25) is 0 Å². The van der Waals surface area contributed by atoms with Gasteiger partial charge in [0.15, 0.2) is 0 Å². The molecule has 0 radical (unpaired) electrons. The number of carboxylic acids is 2. The molecule has 6 nitrogen and oxygen atoms in total. The lowest BCUT2D eigenvalue weighted by atomic mass is 9.33. The molecule has 0 aromatic heterocycles. The van der Waals surface area contributed by atoms with Crippen LogP contribution >= 0.6 is 0 Å². The largest absolute Gasteiger partial charge is 0.481 e. The Labute approximate surface area is 329 Å². The van der Waals surface area contributed by atoms with Gasteiger partial charge in [-0.15, -0.1) is 0 Å². The van der Waals surface area contributed by atoms with Crippen LogP contribution in [0.1, 0.15) is 196 Å². The monoisotopic (exact) mass is 753 g/mol. The summed E-state index contributed by atoms with van der Waals surface area (Å²) in [5, 5.41) is 41.6. The number of hydrogen-bond acceptors (Lipinski definition) is 4. The first-order valence-electron chi connectivity index (χ1n) is 22.5. The second-order valence-electron chi connectivity index (χ2n) is 21.4. The van der Waals surface area contributed by atoms with E-state index in [1.807, 2.05) is 0 Å². The molecule has 0 saturated heterocycles. The topological polar surface area (TPSA) is 115 Å². The van der Waals surface area contributed by atoms with Gasteiger partial charge in [0.25, 0.3) is 0 Å². The lowest BCUT2D eigenvalue weighted by Gasteiger charge is -2.71. The molecule has 6 aliphatic carbocycles. The zero-order chi connectivity index (χ0) is 39.6. The number of rotatable bonds is 14. The summed E-state index contributed by atoms with van der Waals surface area (Å²) in [4.78, 5) is 23.1. The minimum absolute atomic E-state index is 0.0218. The Morgan fingerprint density at radius 1 is 0.704 bits per heavy atom. The number of aliphatic hydroxyl groups is 2. The highest BCUT2D eigenvalue weighted by Gasteiger charge is 2.71. The highest BCUT2D eigenvalue weighted by Crippen LogP contribution is 2.75. The summed E-state index contributed by atoms with van der Waals surface area (Å²) in [5.74, 6) is 0.324. The van der Waals surface area contributed by atoms with E-state index in [4.69, 9.17) is 5.11 Å². The number of hydrogen-bond donors (Lipinski definition) is 4. The second kappa shape index (κ2) is 17.1. The SMILES string of the molecule is CC1(C)CCC2(C(=O)O)C(O)CC3(C)C(=CCC4C5(C)CCC(O)C(C)(C)C5CCC43C)C2C1.O=C(O)CCCCCCCCCCCCC1C=CCC1. The normalized spacial score (nSPS) is 40.2. The van der Waals surface area contributed by atoms with Gasteiger partial charge >= 0.3 is 11.9 Å². The van der Waals surface area contributed by atoms with Crippen LogP contribution in [0.4, 0.5) is 0 Å². The molecule has 0 aliphatic heterocycles. The van der Waals surface area contributed by atoms with Gasteiger partial charge in [-0.2, -0.15) is 0 Å². The molecule has 6 heteroatoms. The van der Waals surface area contributed by atoms with Crippen molar-refractivity contribution < 1.29 is 30.0 Å². The van der Waals surface area contributed by atoms with E-state index in [1.165, 1.54) is 76.2 Å². The molecule has 0 bridgehead atoms. The van der Waals surface area contributed by atoms with Crippen molar-refractivity contribution in [3.8, 4) is 0 Å². The first-order valence-corrected chi connectivity index (χ1v) is 22.5. The van der Waals surface area contributed by atoms with E-state index in [2.05, 4.69) is 66.7 Å². The molecule has 0 spiro atoms. The van der Waals surface area contributed by atoms with Crippen molar-refractivity contribution in [2.75, 3.05) is 0 Å². The van der Waals surface area contributed by atoms with Crippen LogP contribution in [0.5, 0.6) is 0 Å². The maximum Gasteiger partial charge on any atom is 0.312 e. The van der Waals surface area contributed by atoms with Crippen LogP contribution in [0, 0.1) is 56.2 Å². The molecule has 0 amide bonds. The van der Waals surface area contributed by atoms with Crippen LogP contribution < -0.4 is 0 Å². The third-order valence-electron chi connectivity index (χ3n) is 17.4. The van der Waals surface area contributed by atoms with Crippen molar-refractivity contribution in [3.05, 3.63) is 23.8 Å². The molecule has 308 valence electrons. The van der Waals surface area contributed by atoms with E-state index in [9.17, 15) is 24.9 Å². The molecule has 4 N–H and O–H groups in total. The molecule has 6 rings (SSSR count). The molecule has 4 fully saturated rings. The van der Waals surface area contributed by atoms with Crippen molar-refractivity contribution in [1.29, 1.82) is 0 Å². The summed E-state index contributed by atoms with van der Waals surface area (Å²) in [5.41, 5.74) is 0.295. The molecule has 10 atom stereocenters. The summed E-state index contributed by atoms with van der Waals surface area (Å²) in [6, 6.07) is 0. The van der Waals surface area contributed by atoms with Crippen LogP contribution in [0.15, 0.2) is 23.8 Å².